The molecule has 1 aromatic heterocycles. The summed E-state index contributed by atoms with van der Waals surface area (Å²) in [5.74, 6) is 0. The van der Waals surface area contributed by atoms with Gasteiger partial charge in [-0.2, -0.15) is 16.6 Å². The van der Waals surface area contributed by atoms with Crippen LogP contribution in [0.25, 0.3) is 0 Å². The van der Waals surface area contributed by atoms with Crippen LogP contribution in [0.15, 0.2) is 16.8 Å². The highest BCUT2D eigenvalue weighted by Crippen LogP contribution is 2.41. The van der Waals surface area contributed by atoms with E-state index in [4.69, 9.17) is 5.26 Å². The molecule has 0 spiro atoms. The molecule has 62 valence electrons. The maximum absolute atomic E-state index is 9.14. The molecule has 1 aliphatic rings. The van der Waals surface area contributed by atoms with Gasteiger partial charge in [0.1, 0.15) is 0 Å². The Morgan fingerprint density at radius 3 is 2.67 bits per heavy atom. The second kappa shape index (κ2) is 2.91. The number of thiophene rings is 1. The molecule has 0 unspecified atom stereocenters. The Kier molecular flexibility index (Phi) is 1.90. The minimum absolute atomic E-state index is 0.125. The van der Waals surface area contributed by atoms with Crippen LogP contribution < -0.4 is 0 Å². The molecule has 1 aliphatic carbocycles. The molecule has 0 amide bonds. The van der Waals surface area contributed by atoms with E-state index in [-0.39, 0.29) is 5.41 Å². The van der Waals surface area contributed by atoms with Crippen molar-refractivity contribution in [2.75, 3.05) is 0 Å². The Bertz CT molecular complexity index is 288. The van der Waals surface area contributed by atoms with Crippen molar-refractivity contribution in [2.45, 2.75) is 31.1 Å². The molecule has 0 N–H and O–H groups in total. The van der Waals surface area contributed by atoms with Crippen LogP contribution in [-0.2, 0) is 5.41 Å². The molecule has 1 saturated carbocycles. The Morgan fingerprint density at radius 1 is 1.42 bits per heavy atom. The smallest absolute Gasteiger partial charge is 0.0830 e. The minimum Gasteiger partial charge on any atom is -0.197 e. The summed E-state index contributed by atoms with van der Waals surface area (Å²) >= 11 is 1.69. The Labute approximate surface area is 76.6 Å². The Morgan fingerprint density at radius 2 is 2.17 bits per heavy atom. The van der Waals surface area contributed by atoms with Crippen LogP contribution in [0.5, 0.6) is 0 Å². The SMILES string of the molecule is N#CC1(c2ccsc2)CCCC1. The van der Waals surface area contributed by atoms with Gasteiger partial charge in [0.15, 0.2) is 0 Å². The van der Waals surface area contributed by atoms with Gasteiger partial charge in [-0.1, -0.05) is 12.8 Å². The van der Waals surface area contributed by atoms with Gasteiger partial charge in [-0.3, -0.25) is 0 Å². The molecule has 0 bridgehead atoms. The molecule has 1 aromatic rings. The third-order valence-electron chi connectivity index (χ3n) is 2.74. The molecular formula is C10H11NS. The van der Waals surface area contributed by atoms with Crippen LogP contribution in [0.4, 0.5) is 0 Å². The fourth-order valence-electron chi connectivity index (χ4n) is 1.98. The minimum atomic E-state index is -0.125. The summed E-state index contributed by atoms with van der Waals surface area (Å²) in [7, 11) is 0. The second-order valence-electron chi connectivity index (χ2n) is 3.41. The summed E-state index contributed by atoms with van der Waals surface area (Å²) in [6, 6.07) is 4.58. The summed E-state index contributed by atoms with van der Waals surface area (Å²) in [5, 5.41) is 13.3. The first-order valence-corrected chi connectivity index (χ1v) is 5.26. The van der Waals surface area contributed by atoms with Crippen molar-refractivity contribution in [2.24, 2.45) is 0 Å². The van der Waals surface area contributed by atoms with E-state index >= 15 is 0 Å². The molecule has 0 saturated heterocycles. The molecule has 0 atom stereocenters. The summed E-state index contributed by atoms with van der Waals surface area (Å²) < 4.78 is 0. The highest BCUT2D eigenvalue weighted by Gasteiger charge is 2.35. The molecule has 2 rings (SSSR count). The predicted octanol–water partition coefficient (Wildman–Crippen LogP) is 3.08. The fourth-order valence-corrected chi connectivity index (χ4v) is 2.73. The number of hydrogen-bond acceptors (Lipinski definition) is 2. The number of nitriles is 1. The Hall–Kier alpha value is -0.810. The first-order chi connectivity index (χ1) is 5.87. The van der Waals surface area contributed by atoms with Crippen molar-refractivity contribution in [3.8, 4) is 6.07 Å². The maximum Gasteiger partial charge on any atom is 0.0830 e. The average Bonchev–Trinajstić information content (AvgIpc) is 2.76. The van der Waals surface area contributed by atoms with Crippen molar-refractivity contribution in [3.63, 3.8) is 0 Å². The van der Waals surface area contributed by atoms with E-state index in [0.29, 0.717) is 0 Å². The lowest BCUT2D eigenvalue weighted by molar-refractivity contribution is 0.575. The number of hydrogen-bond donors (Lipinski definition) is 0. The first kappa shape index (κ1) is 7.82. The van der Waals surface area contributed by atoms with Gasteiger partial charge in [0.2, 0.25) is 0 Å². The quantitative estimate of drug-likeness (QED) is 0.646. The molecule has 2 heteroatoms. The van der Waals surface area contributed by atoms with Crippen LogP contribution in [0, 0.1) is 11.3 Å². The summed E-state index contributed by atoms with van der Waals surface area (Å²) in [6.07, 6.45) is 4.54. The third kappa shape index (κ3) is 1.05. The zero-order chi connectivity index (χ0) is 8.44. The predicted molar refractivity (Wildman–Crippen MR) is 50.1 cm³/mol. The van der Waals surface area contributed by atoms with Crippen LogP contribution in [0.1, 0.15) is 31.2 Å². The van der Waals surface area contributed by atoms with Crippen molar-refractivity contribution in [1.29, 1.82) is 5.26 Å². The van der Waals surface area contributed by atoms with Gasteiger partial charge in [0, 0.05) is 0 Å². The van der Waals surface area contributed by atoms with E-state index in [9.17, 15) is 0 Å². The van der Waals surface area contributed by atoms with Crippen LogP contribution in [-0.4, -0.2) is 0 Å². The summed E-state index contributed by atoms with van der Waals surface area (Å²) in [5.41, 5.74) is 1.12. The Balaban J connectivity index is 2.36. The van der Waals surface area contributed by atoms with Crippen LogP contribution in [0.3, 0.4) is 0 Å². The average molecular weight is 177 g/mol. The number of rotatable bonds is 1. The molecule has 0 aliphatic heterocycles. The van der Waals surface area contributed by atoms with Gasteiger partial charge >= 0.3 is 0 Å². The van der Waals surface area contributed by atoms with E-state index < -0.39 is 0 Å². The standard InChI is InChI=1S/C10H11NS/c11-8-10(4-1-2-5-10)9-3-6-12-7-9/h3,6-7H,1-2,4-5H2. The zero-order valence-corrected chi connectivity index (χ0v) is 7.73. The van der Waals surface area contributed by atoms with Crippen LogP contribution >= 0.6 is 11.3 Å². The lowest BCUT2D eigenvalue weighted by atomic mass is 9.82. The molecule has 12 heavy (non-hydrogen) atoms. The van der Waals surface area contributed by atoms with E-state index in [1.54, 1.807) is 11.3 Å². The van der Waals surface area contributed by atoms with Crippen molar-refractivity contribution in [1.82, 2.24) is 0 Å². The van der Waals surface area contributed by atoms with Gasteiger partial charge in [0.05, 0.1) is 11.5 Å². The highest BCUT2D eigenvalue weighted by molar-refractivity contribution is 7.08. The number of nitrogens with zero attached hydrogens (tertiary/aromatic N) is 1. The highest BCUT2D eigenvalue weighted by atomic mass is 32.1. The lowest BCUT2D eigenvalue weighted by Gasteiger charge is -2.17. The third-order valence-corrected chi connectivity index (χ3v) is 3.43. The van der Waals surface area contributed by atoms with Gasteiger partial charge in [-0.25, -0.2) is 0 Å². The monoisotopic (exact) mass is 177 g/mol. The van der Waals surface area contributed by atoms with Crippen LogP contribution in [0.2, 0.25) is 0 Å². The molecule has 0 aromatic carbocycles. The van der Waals surface area contributed by atoms with Gasteiger partial charge in [0.25, 0.3) is 0 Å². The van der Waals surface area contributed by atoms with Crippen molar-refractivity contribution in [3.05, 3.63) is 22.4 Å². The second-order valence-corrected chi connectivity index (χ2v) is 4.19. The topological polar surface area (TPSA) is 23.8 Å². The van der Waals surface area contributed by atoms with E-state index in [2.05, 4.69) is 22.9 Å². The van der Waals surface area contributed by atoms with E-state index in [1.165, 1.54) is 18.4 Å². The van der Waals surface area contributed by atoms with Gasteiger partial charge < -0.3 is 0 Å². The fraction of sp³-hybridized carbons (Fsp3) is 0.500. The normalized spacial score (nSPS) is 20.6. The molecule has 1 fully saturated rings. The van der Waals surface area contributed by atoms with Crippen molar-refractivity contribution < 1.29 is 0 Å². The van der Waals surface area contributed by atoms with E-state index in [0.717, 1.165) is 12.8 Å². The van der Waals surface area contributed by atoms with E-state index in [1.807, 2.05) is 0 Å². The molecule has 1 heterocycles. The molecule has 1 nitrogen and oxygen atoms in total. The summed E-state index contributed by atoms with van der Waals surface area (Å²) in [6.45, 7) is 0. The summed E-state index contributed by atoms with van der Waals surface area (Å²) in [4.78, 5) is 0. The molecule has 0 radical (unpaired) electrons. The zero-order valence-electron chi connectivity index (χ0n) is 6.92. The molecular weight excluding hydrogens is 166 g/mol. The maximum atomic E-state index is 9.14. The van der Waals surface area contributed by atoms with Crippen molar-refractivity contribution >= 4 is 11.3 Å². The van der Waals surface area contributed by atoms with Gasteiger partial charge in [-0.15, -0.1) is 0 Å². The first-order valence-electron chi connectivity index (χ1n) is 4.31. The van der Waals surface area contributed by atoms with Gasteiger partial charge in [-0.05, 0) is 35.2 Å². The largest absolute Gasteiger partial charge is 0.197 e. The lowest BCUT2D eigenvalue weighted by Crippen LogP contribution is -2.17.